The van der Waals surface area contributed by atoms with Crippen molar-refractivity contribution in [2.24, 2.45) is 0 Å². The molecule has 1 saturated carbocycles. The lowest BCUT2D eigenvalue weighted by Crippen LogP contribution is -2.02. The first-order chi connectivity index (χ1) is 5.38. The fourth-order valence-electron chi connectivity index (χ4n) is 1.29. The van der Waals surface area contributed by atoms with Gasteiger partial charge in [-0.1, -0.05) is 12.2 Å². The molecule has 0 spiro atoms. The topological polar surface area (TPSA) is 23.8 Å². The van der Waals surface area contributed by atoms with Crippen molar-refractivity contribution in [2.75, 3.05) is 0 Å². The highest BCUT2D eigenvalue weighted by Gasteiger charge is 2.13. The van der Waals surface area contributed by atoms with E-state index in [2.05, 4.69) is 25.1 Å². The molecule has 0 aromatic rings. The number of unbranched alkanes of at least 4 members (excludes halogenated alkanes) is 1. The van der Waals surface area contributed by atoms with Gasteiger partial charge in [-0.25, -0.2) is 0 Å². The Kier molecular flexibility index (Phi) is 2.92. The highest BCUT2D eigenvalue weighted by atomic mass is 14.2. The molecule has 1 rings (SSSR count). The van der Waals surface area contributed by atoms with Crippen molar-refractivity contribution in [3.8, 4) is 6.07 Å². The molecule has 1 aliphatic carbocycles. The van der Waals surface area contributed by atoms with Crippen LogP contribution in [-0.4, -0.2) is 0 Å². The van der Waals surface area contributed by atoms with E-state index in [4.69, 9.17) is 5.26 Å². The minimum Gasteiger partial charge on any atom is -0.198 e. The van der Waals surface area contributed by atoms with Crippen LogP contribution in [0.4, 0.5) is 0 Å². The van der Waals surface area contributed by atoms with Gasteiger partial charge in [0.25, 0.3) is 0 Å². The van der Waals surface area contributed by atoms with Gasteiger partial charge in [0.05, 0.1) is 6.07 Å². The van der Waals surface area contributed by atoms with E-state index in [1.165, 1.54) is 24.0 Å². The molecule has 0 atom stereocenters. The van der Waals surface area contributed by atoms with Crippen LogP contribution in [0.15, 0.2) is 23.3 Å². The first kappa shape index (κ1) is 8.07. The van der Waals surface area contributed by atoms with E-state index in [1.54, 1.807) is 0 Å². The number of rotatable bonds is 2. The molecule has 0 aliphatic heterocycles. The molecule has 0 bridgehead atoms. The second kappa shape index (κ2) is 3.98. The van der Waals surface area contributed by atoms with Crippen LogP contribution in [0.5, 0.6) is 0 Å². The van der Waals surface area contributed by atoms with Gasteiger partial charge < -0.3 is 0 Å². The third kappa shape index (κ3) is 1.94. The second-order valence-electron chi connectivity index (χ2n) is 2.74. The minimum atomic E-state index is 0.653. The number of nitrogens with zero attached hydrogens (tertiary/aromatic N) is 1. The fraction of sp³-hybridized carbons (Fsp3) is 0.500. The van der Waals surface area contributed by atoms with Gasteiger partial charge in [0.15, 0.2) is 0 Å². The normalized spacial score (nSPS) is 23.3. The molecular weight excluding hydrogens is 134 g/mol. The van der Waals surface area contributed by atoms with E-state index in [9.17, 15) is 0 Å². The van der Waals surface area contributed by atoms with Gasteiger partial charge in [-0.2, -0.15) is 5.26 Å². The largest absolute Gasteiger partial charge is 0.198 e. The fourth-order valence-corrected chi connectivity index (χ4v) is 1.29. The van der Waals surface area contributed by atoms with Crippen LogP contribution in [0.2, 0.25) is 0 Å². The summed E-state index contributed by atoms with van der Waals surface area (Å²) in [4.78, 5) is 0. The molecule has 0 heterocycles. The molecule has 1 aliphatic rings. The van der Waals surface area contributed by atoms with Gasteiger partial charge in [-0.3, -0.25) is 0 Å². The lowest BCUT2D eigenvalue weighted by atomic mass is 9.85. The Morgan fingerprint density at radius 3 is 2.64 bits per heavy atom. The molecule has 0 aromatic carbocycles. The number of hydrogen-bond acceptors (Lipinski definition) is 1. The minimum absolute atomic E-state index is 0.653. The molecule has 1 heteroatoms. The Morgan fingerprint density at radius 2 is 2.18 bits per heavy atom. The Hall–Kier alpha value is -1.03. The van der Waals surface area contributed by atoms with E-state index in [1.807, 2.05) is 0 Å². The molecule has 0 unspecified atom stereocenters. The summed E-state index contributed by atoms with van der Waals surface area (Å²) in [6.45, 7) is 2.08. The second-order valence-corrected chi connectivity index (χ2v) is 2.74. The van der Waals surface area contributed by atoms with Gasteiger partial charge in [-0.15, -0.1) is 0 Å². The van der Waals surface area contributed by atoms with Gasteiger partial charge in [0.1, 0.15) is 0 Å². The summed E-state index contributed by atoms with van der Waals surface area (Å²) in [5.74, 6) is 0. The zero-order valence-electron chi connectivity index (χ0n) is 6.93. The number of nitriles is 1. The molecule has 0 N–H and O–H groups in total. The van der Waals surface area contributed by atoms with Gasteiger partial charge in [-0.05, 0) is 37.3 Å². The van der Waals surface area contributed by atoms with Gasteiger partial charge >= 0.3 is 0 Å². The van der Waals surface area contributed by atoms with E-state index < -0.39 is 0 Å². The van der Waals surface area contributed by atoms with Crippen molar-refractivity contribution in [1.82, 2.24) is 0 Å². The lowest BCUT2D eigenvalue weighted by Gasteiger charge is -2.21. The van der Waals surface area contributed by atoms with Crippen LogP contribution >= 0.6 is 0 Å². The molecule has 0 saturated heterocycles. The zero-order chi connectivity index (χ0) is 8.10. The zero-order valence-corrected chi connectivity index (χ0v) is 6.93. The van der Waals surface area contributed by atoms with E-state index in [-0.39, 0.29) is 0 Å². The van der Waals surface area contributed by atoms with Crippen LogP contribution in [-0.2, 0) is 0 Å². The maximum absolute atomic E-state index is 8.30. The first-order valence-electron chi connectivity index (χ1n) is 4.10. The van der Waals surface area contributed by atoms with Crippen molar-refractivity contribution < 1.29 is 0 Å². The molecular formula is C10H13N. The summed E-state index contributed by atoms with van der Waals surface area (Å²) in [5, 5.41) is 8.30. The summed E-state index contributed by atoms with van der Waals surface area (Å²) in [7, 11) is 0. The van der Waals surface area contributed by atoms with E-state index in [0.29, 0.717) is 6.42 Å². The Bertz CT molecular complexity index is 228. The molecule has 1 fully saturated rings. The van der Waals surface area contributed by atoms with Crippen molar-refractivity contribution >= 4 is 0 Å². The lowest BCUT2D eigenvalue weighted by molar-refractivity contribution is 0.808. The van der Waals surface area contributed by atoms with Crippen molar-refractivity contribution in [3.63, 3.8) is 0 Å². The number of allylic oxidation sites excluding steroid dienone is 4. The maximum Gasteiger partial charge on any atom is 0.0625 e. The van der Waals surface area contributed by atoms with Crippen molar-refractivity contribution in [3.05, 3.63) is 23.3 Å². The highest BCUT2D eigenvalue weighted by molar-refractivity contribution is 5.38. The van der Waals surface area contributed by atoms with Crippen molar-refractivity contribution in [1.29, 1.82) is 5.26 Å². The molecule has 0 amide bonds. The molecule has 58 valence electrons. The smallest absolute Gasteiger partial charge is 0.0625 e. The first-order valence-corrected chi connectivity index (χ1v) is 4.10. The van der Waals surface area contributed by atoms with E-state index in [0.717, 1.165) is 6.42 Å². The predicted octanol–water partition coefficient (Wildman–Crippen LogP) is 2.96. The molecule has 0 radical (unpaired) electrons. The Balaban J connectivity index is 2.37. The van der Waals surface area contributed by atoms with E-state index >= 15 is 0 Å². The third-order valence-electron chi connectivity index (χ3n) is 2.07. The quantitative estimate of drug-likeness (QED) is 0.551. The summed E-state index contributed by atoms with van der Waals surface area (Å²) in [6, 6.07) is 2.14. The standard InChI is InChI=1S/C10H13N/c1-2-9-6-7-10(9)5-3-4-8-11/h2,5H,3-4,6-7H2,1H3/b9-2+,10-5+. The van der Waals surface area contributed by atoms with Crippen LogP contribution in [0.1, 0.15) is 32.6 Å². The molecule has 0 aromatic heterocycles. The highest BCUT2D eigenvalue weighted by Crippen LogP contribution is 2.32. The third-order valence-corrected chi connectivity index (χ3v) is 2.07. The molecule has 11 heavy (non-hydrogen) atoms. The monoisotopic (exact) mass is 147 g/mol. The summed E-state index contributed by atoms with van der Waals surface area (Å²) >= 11 is 0. The van der Waals surface area contributed by atoms with Gasteiger partial charge in [0.2, 0.25) is 0 Å². The number of hydrogen-bond donors (Lipinski definition) is 0. The SMILES string of the molecule is C/C=C1\CC\C1=C/CCC#N. The Labute approximate surface area is 68.0 Å². The van der Waals surface area contributed by atoms with Gasteiger partial charge in [0, 0.05) is 6.42 Å². The summed E-state index contributed by atoms with van der Waals surface area (Å²) in [6.07, 6.45) is 8.38. The van der Waals surface area contributed by atoms with Crippen molar-refractivity contribution in [2.45, 2.75) is 32.6 Å². The average molecular weight is 147 g/mol. The van der Waals surface area contributed by atoms with Crippen LogP contribution in [0.25, 0.3) is 0 Å². The maximum atomic E-state index is 8.30. The average Bonchev–Trinajstić information content (AvgIpc) is 1.97. The molecule has 1 nitrogen and oxygen atoms in total. The van der Waals surface area contributed by atoms with Crippen LogP contribution in [0, 0.1) is 11.3 Å². The van der Waals surface area contributed by atoms with Crippen LogP contribution in [0.3, 0.4) is 0 Å². The summed E-state index contributed by atoms with van der Waals surface area (Å²) < 4.78 is 0. The predicted molar refractivity (Wildman–Crippen MR) is 45.9 cm³/mol. The summed E-state index contributed by atoms with van der Waals surface area (Å²) in [5.41, 5.74) is 2.94. The van der Waals surface area contributed by atoms with Crippen LogP contribution < -0.4 is 0 Å². The Morgan fingerprint density at radius 1 is 1.45 bits per heavy atom.